The van der Waals surface area contributed by atoms with Crippen LogP contribution in [0, 0.1) is 6.92 Å². The average molecular weight is 169 g/mol. The van der Waals surface area contributed by atoms with Crippen LogP contribution in [-0.4, -0.2) is 17.1 Å². The Labute approximate surface area is 70.0 Å². The fourth-order valence-electron chi connectivity index (χ4n) is 0.899. The lowest BCUT2D eigenvalue weighted by atomic mass is 10.2. The number of carbonyl (C=O) groups is 1. The summed E-state index contributed by atoms with van der Waals surface area (Å²) in [6.45, 7) is 1.80. The fraction of sp³-hybridized carbons (Fsp3) is 0.375. The molecule has 1 rings (SSSR count). The predicted molar refractivity (Wildman–Crippen MR) is 42.8 cm³/mol. The normalized spacial score (nSPS) is 12.8. The van der Waals surface area contributed by atoms with E-state index in [1.165, 1.54) is 0 Å². The molecule has 0 radical (unpaired) electrons. The van der Waals surface area contributed by atoms with Gasteiger partial charge in [0.1, 0.15) is 17.6 Å². The van der Waals surface area contributed by atoms with E-state index in [1.54, 1.807) is 19.1 Å². The average Bonchev–Trinajstić information content (AvgIpc) is 2.35. The van der Waals surface area contributed by atoms with Gasteiger partial charge in [0, 0.05) is 6.42 Å². The van der Waals surface area contributed by atoms with Crippen molar-refractivity contribution in [3.8, 4) is 0 Å². The van der Waals surface area contributed by atoms with E-state index in [4.69, 9.17) is 15.3 Å². The molecule has 4 heteroatoms. The molecule has 3 N–H and O–H groups in total. The highest BCUT2D eigenvalue weighted by Crippen LogP contribution is 2.07. The Hall–Kier alpha value is -1.29. The molecule has 1 heterocycles. The Kier molecular flexibility index (Phi) is 2.50. The van der Waals surface area contributed by atoms with Gasteiger partial charge in [0.2, 0.25) is 0 Å². The van der Waals surface area contributed by atoms with Crippen LogP contribution in [0.4, 0.5) is 0 Å². The van der Waals surface area contributed by atoms with E-state index in [-0.39, 0.29) is 6.42 Å². The van der Waals surface area contributed by atoms with E-state index < -0.39 is 12.0 Å². The molecule has 1 atom stereocenters. The minimum atomic E-state index is -1.01. The minimum absolute atomic E-state index is 0.239. The van der Waals surface area contributed by atoms with Gasteiger partial charge in [-0.05, 0) is 19.1 Å². The first-order valence-corrected chi connectivity index (χ1v) is 3.63. The largest absolute Gasteiger partial charge is 0.480 e. The van der Waals surface area contributed by atoms with E-state index in [0.717, 1.165) is 5.76 Å². The highest BCUT2D eigenvalue weighted by Gasteiger charge is 2.13. The second kappa shape index (κ2) is 3.40. The Morgan fingerprint density at radius 1 is 1.75 bits per heavy atom. The molecule has 0 bridgehead atoms. The van der Waals surface area contributed by atoms with Crippen molar-refractivity contribution in [2.75, 3.05) is 0 Å². The van der Waals surface area contributed by atoms with Crippen LogP contribution in [0.2, 0.25) is 0 Å². The lowest BCUT2D eigenvalue weighted by Gasteiger charge is -2.01. The summed E-state index contributed by atoms with van der Waals surface area (Å²) in [6.07, 6.45) is 0.239. The lowest BCUT2D eigenvalue weighted by molar-refractivity contribution is -0.138. The second-order valence-corrected chi connectivity index (χ2v) is 2.66. The van der Waals surface area contributed by atoms with Gasteiger partial charge in [0.25, 0.3) is 0 Å². The summed E-state index contributed by atoms with van der Waals surface area (Å²) in [5, 5.41) is 8.48. The van der Waals surface area contributed by atoms with Crippen LogP contribution in [0.3, 0.4) is 0 Å². The van der Waals surface area contributed by atoms with Crippen molar-refractivity contribution < 1.29 is 14.3 Å². The Morgan fingerprint density at radius 3 is 2.83 bits per heavy atom. The van der Waals surface area contributed by atoms with Gasteiger partial charge in [-0.2, -0.15) is 0 Å². The number of hydrogen-bond acceptors (Lipinski definition) is 3. The molecule has 66 valence electrons. The lowest BCUT2D eigenvalue weighted by Crippen LogP contribution is -2.32. The third-order valence-electron chi connectivity index (χ3n) is 1.53. The first-order chi connectivity index (χ1) is 5.59. The van der Waals surface area contributed by atoms with Crippen LogP contribution in [0.25, 0.3) is 0 Å². The number of nitrogens with two attached hydrogens (primary N) is 1. The molecular weight excluding hydrogens is 158 g/mol. The Bertz CT molecular complexity index is 280. The second-order valence-electron chi connectivity index (χ2n) is 2.66. The fourth-order valence-corrected chi connectivity index (χ4v) is 0.899. The zero-order valence-corrected chi connectivity index (χ0v) is 6.78. The summed E-state index contributed by atoms with van der Waals surface area (Å²) in [7, 11) is 0. The van der Waals surface area contributed by atoms with Gasteiger partial charge in [0.15, 0.2) is 0 Å². The minimum Gasteiger partial charge on any atom is -0.480 e. The maximum atomic E-state index is 10.3. The first kappa shape index (κ1) is 8.80. The third-order valence-corrected chi connectivity index (χ3v) is 1.53. The molecule has 12 heavy (non-hydrogen) atoms. The van der Waals surface area contributed by atoms with Gasteiger partial charge in [0.05, 0.1) is 0 Å². The van der Waals surface area contributed by atoms with Crippen molar-refractivity contribution in [2.24, 2.45) is 5.73 Å². The molecule has 0 amide bonds. The Balaban J connectivity index is 2.58. The number of carboxylic acid groups (broad SMARTS) is 1. The monoisotopic (exact) mass is 169 g/mol. The summed E-state index contributed by atoms with van der Waals surface area (Å²) in [6, 6.07) is 2.64. The number of rotatable bonds is 3. The van der Waals surface area contributed by atoms with E-state index in [0.29, 0.717) is 5.76 Å². The van der Waals surface area contributed by atoms with Crippen LogP contribution in [0.15, 0.2) is 16.5 Å². The number of hydrogen-bond donors (Lipinski definition) is 2. The van der Waals surface area contributed by atoms with Gasteiger partial charge in [-0.3, -0.25) is 4.79 Å². The summed E-state index contributed by atoms with van der Waals surface area (Å²) in [5.41, 5.74) is 5.30. The van der Waals surface area contributed by atoms with Gasteiger partial charge < -0.3 is 15.3 Å². The van der Waals surface area contributed by atoms with Gasteiger partial charge >= 0.3 is 5.97 Å². The van der Waals surface area contributed by atoms with Crippen LogP contribution in [0.1, 0.15) is 11.5 Å². The summed E-state index contributed by atoms with van der Waals surface area (Å²) in [5.74, 6) is 0.369. The molecule has 0 aliphatic carbocycles. The first-order valence-electron chi connectivity index (χ1n) is 3.63. The van der Waals surface area contributed by atoms with Crippen LogP contribution in [-0.2, 0) is 11.2 Å². The molecule has 0 fully saturated rings. The van der Waals surface area contributed by atoms with Crippen molar-refractivity contribution >= 4 is 5.97 Å². The zero-order valence-electron chi connectivity index (χ0n) is 6.78. The number of aliphatic carboxylic acids is 1. The van der Waals surface area contributed by atoms with Crippen molar-refractivity contribution in [1.82, 2.24) is 0 Å². The van der Waals surface area contributed by atoms with E-state index in [1.807, 2.05) is 0 Å². The highest BCUT2D eigenvalue weighted by molar-refractivity contribution is 5.73. The van der Waals surface area contributed by atoms with Gasteiger partial charge in [-0.15, -0.1) is 0 Å². The molecule has 0 spiro atoms. The van der Waals surface area contributed by atoms with E-state index in [2.05, 4.69) is 0 Å². The van der Waals surface area contributed by atoms with Crippen molar-refractivity contribution in [3.63, 3.8) is 0 Å². The SMILES string of the molecule is Cc1ccc(CC(N)C(=O)O)o1. The van der Waals surface area contributed by atoms with Crippen molar-refractivity contribution in [3.05, 3.63) is 23.7 Å². The standard InChI is InChI=1S/C8H11NO3/c1-5-2-3-6(12-5)4-7(9)8(10)11/h2-3,7H,4,9H2,1H3,(H,10,11). The topological polar surface area (TPSA) is 76.5 Å². The van der Waals surface area contributed by atoms with Gasteiger partial charge in [-0.25, -0.2) is 0 Å². The third kappa shape index (κ3) is 2.10. The zero-order chi connectivity index (χ0) is 9.14. The van der Waals surface area contributed by atoms with Crippen LogP contribution >= 0.6 is 0 Å². The summed E-state index contributed by atoms with van der Waals surface area (Å²) in [4.78, 5) is 10.3. The molecule has 1 unspecified atom stereocenters. The quantitative estimate of drug-likeness (QED) is 0.692. The van der Waals surface area contributed by atoms with Crippen LogP contribution in [0.5, 0.6) is 0 Å². The number of furan rings is 1. The maximum absolute atomic E-state index is 10.3. The predicted octanol–water partition coefficient (Wildman–Crippen LogP) is 0.542. The molecule has 0 saturated heterocycles. The smallest absolute Gasteiger partial charge is 0.320 e. The number of carboxylic acids is 1. The molecule has 0 saturated carbocycles. The number of aryl methyl sites for hydroxylation is 1. The van der Waals surface area contributed by atoms with Crippen LogP contribution < -0.4 is 5.73 Å². The van der Waals surface area contributed by atoms with E-state index >= 15 is 0 Å². The molecule has 0 aromatic carbocycles. The molecule has 0 aliphatic rings. The maximum Gasteiger partial charge on any atom is 0.320 e. The molecule has 1 aromatic rings. The van der Waals surface area contributed by atoms with E-state index in [9.17, 15) is 4.79 Å². The molecular formula is C8H11NO3. The summed E-state index contributed by atoms with van der Waals surface area (Å²) < 4.78 is 5.16. The molecule has 4 nitrogen and oxygen atoms in total. The van der Waals surface area contributed by atoms with Gasteiger partial charge in [-0.1, -0.05) is 0 Å². The molecule has 1 aromatic heterocycles. The van der Waals surface area contributed by atoms with Crippen molar-refractivity contribution in [2.45, 2.75) is 19.4 Å². The Morgan fingerprint density at radius 2 is 2.42 bits per heavy atom. The van der Waals surface area contributed by atoms with Crippen molar-refractivity contribution in [1.29, 1.82) is 0 Å². The highest BCUT2D eigenvalue weighted by atomic mass is 16.4. The summed E-state index contributed by atoms with van der Waals surface area (Å²) >= 11 is 0. The molecule has 0 aliphatic heterocycles.